The molecule has 0 aliphatic rings. The maximum atomic E-state index is 12.4. The highest BCUT2D eigenvalue weighted by Crippen LogP contribution is 2.28. The van der Waals surface area contributed by atoms with Crippen molar-refractivity contribution in [1.29, 1.82) is 0 Å². The van der Waals surface area contributed by atoms with Gasteiger partial charge in [-0.1, -0.05) is 24.3 Å². The van der Waals surface area contributed by atoms with Crippen LogP contribution < -0.4 is 19.7 Å². The summed E-state index contributed by atoms with van der Waals surface area (Å²) in [6.45, 7) is 2.97. The fourth-order valence-electron chi connectivity index (χ4n) is 3.23. The Morgan fingerprint density at radius 1 is 0.862 bits per heavy atom. The molecule has 0 aliphatic carbocycles. The third-order valence-corrected chi connectivity index (χ3v) is 4.66. The number of hydrogen-bond donors (Lipinski definition) is 1. The lowest BCUT2D eigenvalue weighted by Crippen LogP contribution is -2.16. The molecular formula is C24H26N2O3. The van der Waals surface area contributed by atoms with Crippen LogP contribution in [0.3, 0.4) is 0 Å². The number of hydrogen-bond acceptors (Lipinski definition) is 4. The highest BCUT2D eigenvalue weighted by molar-refractivity contribution is 5.92. The number of rotatable bonds is 8. The van der Waals surface area contributed by atoms with Crippen molar-refractivity contribution in [1.82, 2.24) is 0 Å². The van der Waals surface area contributed by atoms with Gasteiger partial charge < -0.3 is 19.7 Å². The molecule has 5 nitrogen and oxygen atoms in total. The van der Waals surface area contributed by atoms with E-state index in [1.165, 1.54) is 0 Å². The molecule has 1 amide bonds. The van der Waals surface area contributed by atoms with Gasteiger partial charge >= 0.3 is 0 Å². The van der Waals surface area contributed by atoms with Crippen molar-refractivity contribution in [3.8, 4) is 11.5 Å². The predicted octanol–water partition coefficient (Wildman–Crippen LogP) is 5.04. The van der Waals surface area contributed by atoms with Gasteiger partial charge in [0.1, 0.15) is 0 Å². The number of nitrogens with one attached hydrogen (secondary N) is 1. The van der Waals surface area contributed by atoms with Gasteiger partial charge in [0.15, 0.2) is 11.5 Å². The zero-order chi connectivity index (χ0) is 20.6. The van der Waals surface area contributed by atoms with Crippen LogP contribution in [0.25, 0.3) is 0 Å². The maximum absolute atomic E-state index is 12.4. The molecule has 0 aromatic heterocycles. The smallest absolute Gasteiger partial charge is 0.228 e. The van der Waals surface area contributed by atoms with Crippen LogP contribution in [0.15, 0.2) is 72.8 Å². The van der Waals surface area contributed by atoms with Crippen molar-refractivity contribution in [3.05, 3.63) is 78.4 Å². The summed E-state index contributed by atoms with van der Waals surface area (Å²) in [6, 6.07) is 23.6. The van der Waals surface area contributed by atoms with Crippen molar-refractivity contribution in [3.63, 3.8) is 0 Å². The summed E-state index contributed by atoms with van der Waals surface area (Å²) in [5.41, 5.74) is 3.85. The van der Waals surface area contributed by atoms with Crippen LogP contribution in [0, 0.1) is 0 Å². The van der Waals surface area contributed by atoms with E-state index in [2.05, 4.69) is 29.3 Å². The van der Waals surface area contributed by atoms with Crippen LogP contribution in [-0.4, -0.2) is 26.7 Å². The van der Waals surface area contributed by atoms with Gasteiger partial charge in [-0.3, -0.25) is 4.79 Å². The summed E-state index contributed by atoms with van der Waals surface area (Å²) in [5, 5.41) is 2.95. The van der Waals surface area contributed by atoms with E-state index in [4.69, 9.17) is 9.47 Å². The van der Waals surface area contributed by atoms with E-state index in [-0.39, 0.29) is 12.3 Å². The van der Waals surface area contributed by atoms with Crippen molar-refractivity contribution < 1.29 is 14.3 Å². The SMILES string of the molecule is CCN(c1ccccc1)c1ccc(NC(=O)Cc2ccc(OC)c(OC)c2)cc1. The number of benzene rings is 3. The lowest BCUT2D eigenvalue weighted by atomic mass is 10.1. The first-order valence-electron chi connectivity index (χ1n) is 9.58. The number of carbonyl (C=O) groups excluding carboxylic acids is 1. The van der Waals surface area contributed by atoms with E-state index >= 15 is 0 Å². The lowest BCUT2D eigenvalue weighted by Gasteiger charge is -2.23. The van der Waals surface area contributed by atoms with Crippen molar-refractivity contribution in [2.24, 2.45) is 0 Å². The molecule has 3 aromatic rings. The highest BCUT2D eigenvalue weighted by atomic mass is 16.5. The zero-order valence-corrected chi connectivity index (χ0v) is 17.0. The Kier molecular flexibility index (Phi) is 6.74. The first kappa shape index (κ1) is 20.3. The van der Waals surface area contributed by atoms with Gasteiger partial charge in [0, 0.05) is 23.6 Å². The summed E-state index contributed by atoms with van der Waals surface area (Å²) < 4.78 is 10.5. The topological polar surface area (TPSA) is 50.8 Å². The number of ether oxygens (including phenoxy) is 2. The average Bonchev–Trinajstić information content (AvgIpc) is 2.76. The molecule has 1 N–H and O–H groups in total. The van der Waals surface area contributed by atoms with E-state index in [9.17, 15) is 4.79 Å². The number of amides is 1. The Morgan fingerprint density at radius 2 is 1.52 bits per heavy atom. The molecule has 0 bridgehead atoms. The second-order valence-electron chi connectivity index (χ2n) is 6.54. The first-order chi connectivity index (χ1) is 14.1. The Morgan fingerprint density at radius 3 is 2.14 bits per heavy atom. The number of anilines is 3. The predicted molar refractivity (Wildman–Crippen MR) is 117 cm³/mol. The third-order valence-electron chi connectivity index (χ3n) is 4.66. The van der Waals surface area contributed by atoms with E-state index in [0.717, 1.165) is 29.2 Å². The van der Waals surface area contributed by atoms with Gasteiger partial charge in [-0.2, -0.15) is 0 Å². The second kappa shape index (κ2) is 9.64. The van der Waals surface area contributed by atoms with Crippen LogP contribution >= 0.6 is 0 Å². The third kappa shape index (κ3) is 5.08. The number of carbonyl (C=O) groups is 1. The fourth-order valence-corrected chi connectivity index (χ4v) is 3.23. The van der Waals surface area contributed by atoms with Crippen molar-refractivity contribution in [2.45, 2.75) is 13.3 Å². The Balaban J connectivity index is 1.66. The molecule has 0 radical (unpaired) electrons. The van der Waals surface area contributed by atoms with Gasteiger partial charge in [0.25, 0.3) is 0 Å². The summed E-state index contributed by atoms with van der Waals surface area (Å²) in [4.78, 5) is 14.7. The minimum absolute atomic E-state index is 0.0830. The van der Waals surface area contributed by atoms with Crippen LogP contribution in [-0.2, 0) is 11.2 Å². The van der Waals surface area contributed by atoms with Crippen LogP contribution in [0.1, 0.15) is 12.5 Å². The normalized spacial score (nSPS) is 10.3. The van der Waals surface area contributed by atoms with Crippen LogP contribution in [0.2, 0.25) is 0 Å². The molecule has 0 heterocycles. The van der Waals surface area contributed by atoms with E-state index in [1.54, 1.807) is 20.3 Å². The quantitative estimate of drug-likeness (QED) is 0.585. The minimum Gasteiger partial charge on any atom is -0.493 e. The van der Waals surface area contributed by atoms with Crippen LogP contribution in [0.4, 0.5) is 17.1 Å². The largest absolute Gasteiger partial charge is 0.493 e. The molecule has 3 rings (SSSR count). The lowest BCUT2D eigenvalue weighted by molar-refractivity contribution is -0.115. The minimum atomic E-state index is -0.0830. The molecule has 0 aliphatic heterocycles. The number of methoxy groups -OCH3 is 2. The summed E-state index contributed by atoms with van der Waals surface area (Å²) in [6.07, 6.45) is 0.257. The molecule has 3 aromatic carbocycles. The van der Waals surface area contributed by atoms with Crippen molar-refractivity contribution >= 4 is 23.0 Å². The Bertz CT molecular complexity index is 940. The monoisotopic (exact) mass is 390 g/mol. The van der Waals surface area contributed by atoms with Gasteiger partial charge in [0.2, 0.25) is 5.91 Å². The molecule has 5 heteroatoms. The highest BCUT2D eigenvalue weighted by Gasteiger charge is 2.10. The fraction of sp³-hybridized carbons (Fsp3) is 0.208. The van der Waals surface area contributed by atoms with Gasteiger partial charge in [0.05, 0.1) is 20.6 Å². The summed E-state index contributed by atoms with van der Waals surface area (Å²) in [7, 11) is 3.17. The number of para-hydroxylation sites is 1. The van der Waals surface area contributed by atoms with E-state index < -0.39 is 0 Å². The standard InChI is InChI=1S/C24H26N2O3/c1-4-26(20-8-6-5-7-9-20)21-13-11-19(12-14-21)25-24(27)17-18-10-15-22(28-2)23(16-18)29-3/h5-16H,4,17H2,1-3H3,(H,25,27). The summed E-state index contributed by atoms with van der Waals surface area (Å²) in [5.74, 6) is 1.18. The average molecular weight is 390 g/mol. The van der Waals surface area contributed by atoms with Gasteiger partial charge in [-0.25, -0.2) is 0 Å². The molecule has 0 atom stereocenters. The zero-order valence-electron chi connectivity index (χ0n) is 17.0. The van der Waals surface area contributed by atoms with Crippen LogP contribution in [0.5, 0.6) is 11.5 Å². The van der Waals surface area contributed by atoms with Gasteiger partial charge in [-0.15, -0.1) is 0 Å². The molecule has 0 saturated carbocycles. The Hall–Kier alpha value is -3.47. The molecule has 29 heavy (non-hydrogen) atoms. The Labute approximate surface area is 171 Å². The molecule has 0 fully saturated rings. The molecular weight excluding hydrogens is 364 g/mol. The first-order valence-corrected chi connectivity index (χ1v) is 9.58. The summed E-state index contributed by atoms with van der Waals surface area (Å²) >= 11 is 0. The molecule has 0 saturated heterocycles. The molecule has 150 valence electrons. The van der Waals surface area contributed by atoms with E-state index in [1.807, 2.05) is 54.6 Å². The van der Waals surface area contributed by atoms with Crippen molar-refractivity contribution in [2.75, 3.05) is 31.0 Å². The number of nitrogens with zero attached hydrogens (tertiary/aromatic N) is 1. The van der Waals surface area contributed by atoms with Gasteiger partial charge in [-0.05, 0) is 61.0 Å². The van der Waals surface area contributed by atoms with E-state index in [0.29, 0.717) is 11.5 Å². The second-order valence-corrected chi connectivity index (χ2v) is 6.54. The molecule has 0 unspecified atom stereocenters. The molecule has 0 spiro atoms. The maximum Gasteiger partial charge on any atom is 0.228 e.